The molecule has 4 N–H and O–H groups in total. The van der Waals surface area contributed by atoms with E-state index >= 15 is 0 Å². The van der Waals surface area contributed by atoms with Crippen LogP contribution in [0.2, 0.25) is 0 Å². The SMILES string of the molecule is CCCCCCCC/C=C/C/C=C/C=C/C(O)CCCC(=O)N[C@@H](COP(=O)(O)OCC[N+](C)(C)C)[C@H](O)CCCCCCCCCCCCCCC. The van der Waals surface area contributed by atoms with E-state index in [4.69, 9.17) is 9.05 Å². The van der Waals surface area contributed by atoms with Crippen molar-refractivity contribution in [3.8, 4) is 0 Å². The highest BCUT2D eigenvalue weighted by atomic mass is 31.2. The van der Waals surface area contributed by atoms with Crippen LogP contribution in [0.25, 0.3) is 0 Å². The third-order valence-electron chi connectivity index (χ3n) is 9.50. The van der Waals surface area contributed by atoms with Crippen molar-refractivity contribution in [1.82, 2.24) is 5.32 Å². The first-order chi connectivity index (χ1) is 25.4. The number of amides is 1. The van der Waals surface area contributed by atoms with Gasteiger partial charge in [-0.3, -0.25) is 13.8 Å². The smallest absolute Gasteiger partial charge is 0.391 e. The van der Waals surface area contributed by atoms with Crippen LogP contribution in [-0.2, 0) is 18.4 Å². The third-order valence-corrected chi connectivity index (χ3v) is 10.5. The van der Waals surface area contributed by atoms with Gasteiger partial charge in [0.25, 0.3) is 0 Å². The van der Waals surface area contributed by atoms with Gasteiger partial charge in [-0.15, -0.1) is 0 Å². The molecule has 4 atom stereocenters. The Labute approximate surface area is 326 Å². The zero-order chi connectivity index (χ0) is 39.5. The lowest BCUT2D eigenvalue weighted by Gasteiger charge is -2.26. The number of phosphoric acid groups is 1. The van der Waals surface area contributed by atoms with Crippen molar-refractivity contribution in [2.45, 2.75) is 193 Å². The standard InChI is InChI=1S/C43H83N2O7P/c1-6-8-10-12-14-16-18-20-22-24-26-28-30-33-40(46)34-32-36-43(48)44-41(39-52-53(49,50)51-38-37-45(3,4)5)42(47)35-31-29-27-25-23-21-19-17-15-13-11-9-7-2/h20,22,26,28,30,33,40-42,46-47H,6-19,21,23-25,27,29,31-32,34-39H2,1-5H3,(H-,44,48,49,50)/p+1/b22-20+,28-26+,33-30+/t40?,41-,42+/m0/s1. The van der Waals surface area contributed by atoms with E-state index in [0.717, 1.165) is 32.1 Å². The Morgan fingerprint density at radius 1 is 0.698 bits per heavy atom. The van der Waals surface area contributed by atoms with Crippen LogP contribution in [0.1, 0.15) is 174 Å². The number of carbonyl (C=O) groups is 1. The molecule has 10 heteroatoms. The number of nitrogens with one attached hydrogen (secondary N) is 1. The second kappa shape index (κ2) is 35.1. The third kappa shape index (κ3) is 37.4. The minimum Gasteiger partial charge on any atom is -0.391 e. The minimum atomic E-state index is -4.36. The van der Waals surface area contributed by atoms with E-state index in [-0.39, 0.29) is 25.5 Å². The maximum absolute atomic E-state index is 12.9. The molecule has 0 bridgehead atoms. The van der Waals surface area contributed by atoms with Crippen LogP contribution in [0, 0.1) is 0 Å². The number of nitrogens with zero attached hydrogens (tertiary/aromatic N) is 1. The summed E-state index contributed by atoms with van der Waals surface area (Å²) >= 11 is 0. The molecule has 0 aliphatic heterocycles. The lowest BCUT2D eigenvalue weighted by molar-refractivity contribution is -0.870. The molecule has 0 saturated carbocycles. The normalized spacial score (nSPS) is 15.4. The van der Waals surface area contributed by atoms with Gasteiger partial charge in [0.05, 0.1) is 46.0 Å². The fraction of sp³-hybridized carbons (Fsp3) is 0.837. The van der Waals surface area contributed by atoms with Crippen LogP contribution in [-0.4, -0.2) is 84.6 Å². The molecular weight excluding hydrogens is 687 g/mol. The highest BCUT2D eigenvalue weighted by Gasteiger charge is 2.28. The van der Waals surface area contributed by atoms with Crippen LogP contribution >= 0.6 is 7.82 Å². The zero-order valence-electron chi connectivity index (χ0n) is 34.9. The molecule has 2 unspecified atom stereocenters. The van der Waals surface area contributed by atoms with Crippen LogP contribution in [0.3, 0.4) is 0 Å². The first kappa shape index (κ1) is 51.7. The summed E-state index contributed by atoms with van der Waals surface area (Å²) in [6.45, 7) is 4.71. The topological polar surface area (TPSA) is 125 Å². The van der Waals surface area contributed by atoms with E-state index in [0.29, 0.717) is 30.3 Å². The number of phosphoric ester groups is 1. The van der Waals surface area contributed by atoms with Crippen molar-refractivity contribution in [1.29, 1.82) is 0 Å². The van der Waals surface area contributed by atoms with E-state index in [9.17, 15) is 24.5 Å². The number of unbranched alkanes of at least 4 members (excludes halogenated alkanes) is 18. The van der Waals surface area contributed by atoms with Gasteiger partial charge in [-0.25, -0.2) is 4.57 Å². The molecule has 0 saturated heterocycles. The number of aliphatic hydroxyl groups excluding tert-OH is 2. The molecule has 0 radical (unpaired) electrons. The highest BCUT2D eigenvalue weighted by molar-refractivity contribution is 7.47. The van der Waals surface area contributed by atoms with Gasteiger partial charge in [0.2, 0.25) is 5.91 Å². The van der Waals surface area contributed by atoms with Crippen molar-refractivity contribution in [2.75, 3.05) is 40.9 Å². The van der Waals surface area contributed by atoms with Gasteiger partial charge in [0, 0.05) is 6.42 Å². The first-order valence-corrected chi connectivity index (χ1v) is 23.0. The highest BCUT2D eigenvalue weighted by Crippen LogP contribution is 2.43. The number of quaternary nitrogens is 1. The van der Waals surface area contributed by atoms with E-state index in [2.05, 4.69) is 37.4 Å². The van der Waals surface area contributed by atoms with Crippen molar-refractivity contribution < 1.29 is 38.0 Å². The molecule has 0 aromatic carbocycles. The molecule has 0 aliphatic rings. The largest absolute Gasteiger partial charge is 0.472 e. The number of hydrogen-bond donors (Lipinski definition) is 4. The molecule has 53 heavy (non-hydrogen) atoms. The van der Waals surface area contributed by atoms with Gasteiger partial charge in [0.15, 0.2) is 0 Å². The van der Waals surface area contributed by atoms with E-state index < -0.39 is 26.1 Å². The van der Waals surface area contributed by atoms with Crippen LogP contribution in [0.5, 0.6) is 0 Å². The Bertz CT molecular complexity index is 982. The molecule has 312 valence electrons. The van der Waals surface area contributed by atoms with Crippen LogP contribution < -0.4 is 5.32 Å². The van der Waals surface area contributed by atoms with Crippen molar-refractivity contribution in [3.05, 3.63) is 36.5 Å². The van der Waals surface area contributed by atoms with Gasteiger partial charge in [-0.1, -0.05) is 166 Å². The van der Waals surface area contributed by atoms with E-state index in [1.54, 1.807) is 6.08 Å². The van der Waals surface area contributed by atoms with Gasteiger partial charge >= 0.3 is 7.82 Å². The number of allylic oxidation sites excluding steroid dienone is 5. The van der Waals surface area contributed by atoms with Gasteiger partial charge < -0.3 is 24.9 Å². The summed E-state index contributed by atoms with van der Waals surface area (Å²) in [6, 6.07) is -0.850. The first-order valence-electron chi connectivity index (χ1n) is 21.5. The quantitative estimate of drug-likeness (QED) is 0.0162. The van der Waals surface area contributed by atoms with Crippen molar-refractivity contribution in [2.24, 2.45) is 0 Å². The molecular formula is C43H84N2O7P+. The molecule has 0 aromatic rings. The maximum atomic E-state index is 12.9. The Morgan fingerprint density at radius 2 is 1.25 bits per heavy atom. The van der Waals surface area contributed by atoms with Gasteiger partial charge in [0.1, 0.15) is 13.2 Å². The number of carbonyl (C=O) groups excluding carboxylic acids is 1. The average molecular weight is 772 g/mol. The molecule has 0 rings (SSSR count). The molecule has 9 nitrogen and oxygen atoms in total. The van der Waals surface area contributed by atoms with Crippen molar-refractivity contribution in [3.63, 3.8) is 0 Å². The summed E-state index contributed by atoms with van der Waals surface area (Å²) < 4.78 is 23.5. The number of rotatable bonds is 38. The van der Waals surface area contributed by atoms with E-state index in [1.807, 2.05) is 33.3 Å². The summed E-state index contributed by atoms with van der Waals surface area (Å²) in [5.74, 6) is -0.300. The predicted octanol–water partition coefficient (Wildman–Crippen LogP) is 10.5. The second-order valence-corrected chi connectivity index (χ2v) is 17.4. The second-order valence-electron chi connectivity index (χ2n) is 15.9. The van der Waals surface area contributed by atoms with Crippen LogP contribution in [0.15, 0.2) is 36.5 Å². The minimum absolute atomic E-state index is 0.0404. The van der Waals surface area contributed by atoms with Crippen molar-refractivity contribution >= 4 is 13.7 Å². The molecule has 0 fully saturated rings. The lowest BCUT2D eigenvalue weighted by Crippen LogP contribution is -2.46. The summed E-state index contributed by atoms with van der Waals surface area (Å²) in [4.78, 5) is 23.1. The molecule has 0 aliphatic carbocycles. The average Bonchev–Trinajstić information content (AvgIpc) is 3.09. The fourth-order valence-corrected chi connectivity index (χ4v) is 6.73. The summed E-state index contributed by atoms with van der Waals surface area (Å²) in [5.41, 5.74) is 0. The van der Waals surface area contributed by atoms with Gasteiger partial charge in [-0.2, -0.15) is 0 Å². The van der Waals surface area contributed by atoms with Crippen LogP contribution in [0.4, 0.5) is 0 Å². The Morgan fingerprint density at radius 3 is 1.81 bits per heavy atom. The number of aliphatic hydroxyl groups is 2. The monoisotopic (exact) mass is 772 g/mol. The lowest BCUT2D eigenvalue weighted by atomic mass is 10.0. The Balaban J connectivity index is 4.61. The summed E-state index contributed by atoms with van der Waals surface area (Å²) in [5, 5.41) is 24.2. The fourth-order valence-electron chi connectivity index (χ4n) is 5.99. The van der Waals surface area contributed by atoms with E-state index in [1.165, 1.54) is 103 Å². The summed E-state index contributed by atoms with van der Waals surface area (Å²) in [6.07, 6.45) is 37.6. The molecule has 0 heterocycles. The number of hydrogen-bond acceptors (Lipinski definition) is 6. The maximum Gasteiger partial charge on any atom is 0.472 e. The molecule has 1 amide bonds. The molecule has 0 spiro atoms. The zero-order valence-corrected chi connectivity index (χ0v) is 35.8. The number of likely N-dealkylation sites (N-methyl/N-ethyl adjacent to an activating group) is 1. The molecule has 0 aromatic heterocycles. The Hall–Kier alpha value is -1.32. The van der Waals surface area contributed by atoms with Gasteiger partial charge in [-0.05, 0) is 38.5 Å². The summed E-state index contributed by atoms with van der Waals surface area (Å²) in [7, 11) is 1.50. The predicted molar refractivity (Wildman–Crippen MR) is 223 cm³/mol. The Kier molecular flexibility index (Phi) is 34.2.